The number of rotatable bonds is 7. The van der Waals surface area contributed by atoms with E-state index in [9.17, 15) is 19.7 Å². The molecule has 1 amide bonds. The average Bonchev–Trinajstić information content (AvgIpc) is 3.25. The van der Waals surface area contributed by atoms with Crippen LogP contribution in [0.2, 0.25) is 0 Å². The van der Waals surface area contributed by atoms with E-state index in [0.717, 1.165) is 24.5 Å². The second-order valence-corrected chi connectivity index (χ2v) is 6.70. The minimum atomic E-state index is -0.749. The van der Waals surface area contributed by atoms with Gasteiger partial charge in [0.25, 0.3) is 11.6 Å². The highest BCUT2D eigenvalue weighted by Gasteiger charge is 2.26. The summed E-state index contributed by atoms with van der Waals surface area (Å²) >= 11 is 0. The molecule has 1 aliphatic heterocycles. The summed E-state index contributed by atoms with van der Waals surface area (Å²) in [6.45, 7) is 1.25. The number of esters is 1. The second kappa shape index (κ2) is 9.24. The molecule has 1 aromatic heterocycles. The predicted octanol–water partition coefficient (Wildman–Crippen LogP) is 2.60. The van der Waals surface area contributed by atoms with Crippen molar-refractivity contribution in [3.05, 3.63) is 69.5 Å². The summed E-state index contributed by atoms with van der Waals surface area (Å²) in [6.07, 6.45) is 4.94. The molecular formula is C20H21N3O6. The van der Waals surface area contributed by atoms with E-state index >= 15 is 0 Å². The maximum Gasteiger partial charge on any atom is 0.338 e. The number of pyridine rings is 1. The fraction of sp³-hybridized carbons (Fsp3) is 0.350. The number of carbonyl (C=O) groups is 2. The van der Waals surface area contributed by atoms with Crippen LogP contribution in [0.4, 0.5) is 5.69 Å². The summed E-state index contributed by atoms with van der Waals surface area (Å²) in [5.74, 6) is -1.18. The summed E-state index contributed by atoms with van der Waals surface area (Å²) in [6, 6.07) is 7.18. The summed E-state index contributed by atoms with van der Waals surface area (Å²) in [5.41, 5.74) is 0.456. The van der Waals surface area contributed by atoms with Crippen LogP contribution in [0, 0.1) is 10.1 Å². The Bertz CT molecular complexity index is 896. The highest BCUT2D eigenvalue weighted by atomic mass is 16.6. The zero-order valence-corrected chi connectivity index (χ0v) is 15.9. The normalized spacial score (nSPS) is 15.7. The fourth-order valence-corrected chi connectivity index (χ4v) is 3.22. The van der Waals surface area contributed by atoms with E-state index in [-0.39, 0.29) is 29.5 Å². The average molecular weight is 399 g/mol. The van der Waals surface area contributed by atoms with Crippen LogP contribution in [0.25, 0.3) is 0 Å². The van der Waals surface area contributed by atoms with Crippen molar-refractivity contribution in [1.82, 2.24) is 9.88 Å². The van der Waals surface area contributed by atoms with Crippen LogP contribution in [0.1, 0.15) is 39.1 Å². The largest absolute Gasteiger partial charge is 0.465 e. The molecular weight excluding hydrogens is 378 g/mol. The predicted molar refractivity (Wildman–Crippen MR) is 102 cm³/mol. The van der Waals surface area contributed by atoms with Crippen LogP contribution in [-0.2, 0) is 16.0 Å². The van der Waals surface area contributed by atoms with Gasteiger partial charge in [-0.3, -0.25) is 19.9 Å². The summed E-state index contributed by atoms with van der Waals surface area (Å²) in [7, 11) is 1.18. The quantitative estimate of drug-likeness (QED) is 0.400. The van der Waals surface area contributed by atoms with Gasteiger partial charge in [0.2, 0.25) is 0 Å². The summed E-state index contributed by atoms with van der Waals surface area (Å²) in [4.78, 5) is 41.4. The van der Waals surface area contributed by atoms with Gasteiger partial charge in [-0.05, 0) is 30.5 Å². The van der Waals surface area contributed by atoms with Gasteiger partial charge in [0.15, 0.2) is 0 Å². The van der Waals surface area contributed by atoms with Gasteiger partial charge in [0.05, 0.1) is 23.7 Å². The number of hydrogen-bond acceptors (Lipinski definition) is 7. The number of aromatic nitrogens is 1. The first kappa shape index (κ1) is 20.4. The van der Waals surface area contributed by atoms with Crippen molar-refractivity contribution >= 4 is 17.6 Å². The summed E-state index contributed by atoms with van der Waals surface area (Å²) < 4.78 is 10.3. The van der Waals surface area contributed by atoms with Crippen LogP contribution in [0.5, 0.6) is 0 Å². The minimum Gasteiger partial charge on any atom is -0.465 e. The zero-order chi connectivity index (χ0) is 20.8. The van der Waals surface area contributed by atoms with Crippen LogP contribution >= 0.6 is 0 Å². The molecule has 1 atom stereocenters. The third-order valence-electron chi connectivity index (χ3n) is 4.63. The fourth-order valence-electron chi connectivity index (χ4n) is 3.22. The number of ether oxygens (including phenoxy) is 2. The van der Waals surface area contributed by atoms with Gasteiger partial charge in [-0.2, -0.15) is 0 Å². The van der Waals surface area contributed by atoms with Crippen LogP contribution in [-0.4, -0.2) is 53.0 Å². The Labute approximate surface area is 167 Å². The first-order valence-corrected chi connectivity index (χ1v) is 9.15. The maximum absolute atomic E-state index is 13.3. The molecule has 29 heavy (non-hydrogen) atoms. The second-order valence-electron chi connectivity index (χ2n) is 6.70. The SMILES string of the molecule is COC(=O)c1cc(C(=O)N(Cc2cccnc2)CC2CCCO2)cc([N+](=O)[O-])c1. The van der Waals surface area contributed by atoms with Crippen molar-refractivity contribution in [2.24, 2.45) is 0 Å². The van der Waals surface area contributed by atoms with Gasteiger partial charge >= 0.3 is 5.97 Å². The molecule has 0 N–H and O–H groups in total. The van der Waals surface area contributed by atoms with Gasteiger partial charge in [-0.15, -0.1) is 0 Å². The molecule has 1 aromatic carbocycles. The maximum atomic E-state index is 13.3. The number of benzene rings is 1. The van der Waals surface area contributed by atoms with Gasteiger partial charge in [0.1, 0.15) is 0 Å². The number of carbonyl (C=O) groups excluding carboxylic acids is 2. The van der Waals surface area contributed by atoms with Crippen molar-refractivity contribution in [3.63, 3.8) is 0 Å². The molecule has 0 bridgehead atoms. The Hall–Kier alpha value is -3.33. The minimum absolute atomic E-state index is 0.0430. The van der Waals surface area contributed by atoms with Gasteiger partial charge in [-0.25, -0.2) is 4.79 Å². The van der Waals surface area contributed by atoms with E-state index in [1.807, 2.05) is 6.07 Å². The third-order valence-corrected chi connectivity index (χ3v) is 4.63. The molecule has 3 rings (SSSR count). The van der Waals surface area contributed by atoms with E-state index in [1.165, 1.54) is 19.2 Å². The summed E-state index contributed by atoms with van der Waals surface area (Å²) in [5, 5.41) is 11.3. The highest BCUT2D eigenvalue weighted by molar-refractivity contribution is 5.99. The monoisotopic (exact) mass is 399 g/mol. The molecule has 2 heterocycles. The molecule has 1 fully saturated rings. The Kier molecular flexibility index (Phi) is 6.50. The molecule has 1 saturated heterocycles. The molecule has 9 heteroatoms. The van der Waals surface area contributed by atoms with Gasteiger partial charge < -0.3 is 14.4 Å². The first-order chi connectivity index (χ1) is 14.0. The Balaban J connectivity index is 1.93. The molecule has 9 nitrogen and oxygen atoms in total. The lowest BCUT2D eigenvalue weighted by Crippen LogP contribution is -2.37. The van der Waals surface area contributed by atoms with E-state index in [0.29, 0.717) is 13.2 Å². The lowest BCUT2D eigenvalue weighted by molar-refractivity contribution is -0.384. The van der Waals surface area contributed by atoms with E-state index in [4.69, 9.17) is 4.74 Å². The van der Waals surface area contributed by atoms with Crippen molar-refractivity contribution < 1.29 is 24.0 Å². The number of nitro benzene ring substituents is 1. The molecule has 1 unspecified atom stereocenters. The molecule has 1 aliphatic rings. The molecule has 0 spiro atoms. The molecule has 152 valence electrons. The molecule has 0 aliphatic carbocycles. The van der Waals surface area contributed by atoms with Crippen molar-refractivity contribution in [2.45, 2.75) is 25.5 Å². The topological polar surface area (TPSA) is 112 Å². The smallest absolute Gasteiger partial charge is 0.338 e. The number of non-ortho nitro benzene ring substituents is 1. The highest BCUT2D eigenvalue weighted by Crippen LogP contribution is 2.22. The Morgan fingerprint density at radius 3 is 2.76 bits per heavy atom. The first-order valence-electron chi connectivity index (χ1n) is 9.15. The lowest BCUT2D eigenvalue weighted by Gasteiger charge is -2.25. The van der Waals surface area contributed by atoms with Crippen molar-refractivity contribution in [1.29, 1.82) is 0 Å². The number of hydrogen-bond donors (Lipinski definition) is 0. The number of amides is 1. The van der Waals surface area contributed by atoms with Gasteiger partial charge in [-0.1, -0.05) is 6.07 Å². The number of nitrogens with zero attached hydrogens (tertiary/aromatic N) is 3. The van der Waals surface area contributed by atoms with Crippen LogP contribution in [0.3, 0.4) is 0 Å². The Morgan fingerprint density at radius 2 is 2.14 bits per heavy atom. The van der Waals surface area contributed by atoms with Gasteiger partial charge in [0, 0.05) is 49.8 Å². The van der Waals surface area contributed by atoms with Crippen molar-refractivity contribution in [2.75, 3.05) is 20.3 Å². The molecule has 0 radical (unpaired) electrons. The zero-order valence-electron chi connectivity index (χ0n) is 15.9. The van der Waals surface area contributed by atoms with Crippen molar-refractivity contribution in [3.8, 4) is 0 Å². The number of methoxy groups -OCH3 is 1. The Morgan fingerprint density at radius 1 is 1.34 bits per heavy atom. The number of nitro groups is 1. The third kappa shape index (κ3) is 5.14. The standard InChI is InChI=1S/C20H21N3O6/c1-28-20(25)16-8-15(9-17(10-16)23(26)27)19(24)22(13-18-5-3-7-29-18)12-14-4-2-6-21-11-14/h2,4,6,8-11,18H,3,5,7,12-13H2,1H3. The molecule has 0 saturated carbocycles. The van der Waals surface area contributed by atoms with Crippen LogP contribution in [0.15, 0.2) is 42.7 Å². The molecule has 2 aromatic rings. The lowest BCUT2D eigenvalue weighted by atomic mass is 10.1. The van der Waals surface area contributed by atoms with E-state index < -0.39 is 16.8 Å². The van der Waals surface area contributed by atoms with E-state index in [2.05, 4.69) is 9.72 Å². The van der Waals surface area contributed by atoms with E-state index in [1.54, 1.807) is 23.4 Å². The van der Waals surface area contributed by atoms with Crippen LogP contribution < -0.4 is 0 Å².